The number of hydrogen-bond donors (Lipinski definition) is 1. The maximum absolute atomic E-state index is 5.47. The minimum atomic E-state index is 0.585. The summed E-state index contributed by atoms with van der Waals surface area (Å²) in [5.74, 6) is 0. The van der Waals surface area contributed by atoms with Gasteiger partial charge in [-0.05, 0) is 33.2 Å². The fraction of sp³-hybridized carbons (Fsp3) is 1.00. The van der Waals surface area contributed by atoms with Crippen molar-refractivity contribution in [2.75, 3.05) is 26.3 Å². The van der Waals surface area contributed by atoms with Crippen LogP contribution in [0.4, 0.5) is 0 Å². The van der Waals surface area contributed by atoms with Crippen molar-refractivity contribution in [2.45, 2.75) is 58.7 Å². The number of rotatable bonds is 6. The second kappa shape index (κ2) is 7.25. The molecule has 96 valence electrons. The Morgan fingerprint density at radius 2 is 2.12 bits per heavy atom. The molecular weight excluding hydrogens is 200 g/mol. The molecule has 0 amide bonds. The molecule has 2 unspecified atom stereocenters. The number of hydrogen-bond acceptors (Lipinski definition) is 3. The second-order valence-electron chi connectivity index (χ2n) is 5.26. The molecule has 0 spiro atoms. The topological polar surface area (TPSA) is 24.5 Å². The molecule has 16 heavy (non-hydrogen) atoms. The maximum Gasteiger partial charge on any atom is 0.0619 e. The third kappa shape index (κ3) is 4.81. The molecule has 1 aliphatic rings. The van der Waals surface area contributed by atoms with E-state index in [9.17, 15) is 0 Å². The van der Waals surface area contributed by atoms with Gasteiger partial charge >= 0.3 is 0 Å². The van der Waals surface area contributed by atoms with Crippen molar-refractivity contribution in [3.63, 3.8) is 0 Å². The Labute approximate surface area is 101 Å². The average molecular weight is 228 g/mol. The van der Waals surface area contributed by atoms with Gasteiger partial charge in [0.25, 0.3) is 0 Å². The van der Waals surface area contributed by atoms with E-state index in [1.165, 1.54) is 12.8 Å². The second-order valence-corrected chi connectivity index (χ2v) is 5.26. The summed E-state index contributed by atoms with van der Waals surface area (Å²) in [4.78, 5) is 2.58. The van der Waals surface area contributed by atoms with Crippen LogP contribution >= 0.6 is 0 Å². The van der Waals surface area contributed by atoms with Gasteiger partial charge in [-0.25, -0.2) is 0 Å². The smallest absolute Gasteiger partial charge is 0.0619 e. The molecule has 1 aliphatic heterocycles. The summed E-state index contributed by atoms with van der Waals surface area (Å²) in [5, 5.41) is 3.47. The Morgan fingerprint density at radius 3 is 2.75 bits per heavy atom. The molecule has 1 N–H and O–H groups in total. The van der Waals surface area contributed by atoms with Crippen molar-refractivity contribution in [1.29, 1.82) is 0 Å². The molecule has 1 heterocycles. The van der Waals surface area contributed by atoms with Gasteiger partial charge in [-0.1, -0.05) is 13.8 Å². The number of morpholine rings is 1. The minimum absolute atomic E-state index is 0.585. The summed E-state index contributed by atoms with van der Waals surface area (Å²) in [5.41, 5.74) is 0. The average Bonchev–Trinajstić information content (AvgIpc) is 2.24. The summed E-state index contributed by atoms with van der Waals surface area (Å²) < 4.78 is 5.47. The molecule has 0 aromatic heterocycles. The van der Waals surface area contributed by atoms with Crippen LogP contribution in [0.1, 0.15) is 40.5 Å². The normalized spacial score (nSPS) is 24.9. The molecule has 0 aromatic rings. The van der Waals surface area contributed by atoms with E-state index in [-0.39, 0.29) is 0 Å². The third-order valence-corrected chi connectivity index (χ3v) is 3.34. The Bertz CT molecular complexity index is 185. The van der Waals surface area contributed by atoms with Crippen molar-refractivity contribution in [3.05, 3.63) is 0 Å². The highest BCUT2D eigenvalue weighted by molar-refractivity contribution is 4.76. The monoisotopic (exact) mass is 228 g/mol. The van der Waals surface area contributed by atoms with Crippen LogP contribution in [0, 0.1) is 0 Å². The largest absolute Gasteiger partial charge is 0.379 e. The molecule has 0 aliphatic carbocycles. The summed E-state index contributed by atoms with van der Waals surface area (Å²) in [6.07, 6.45) is 2.55. The number of nitrogens with zero attached hydrogens (tertiary/aromatic N) is 1. The van der Waals surface area contributed by atoms with Crippen molar-refractivity contribution in [1.82, 2.24) is 10.2 Å². The lowest BCUT2D eigenvalue weighted by atomic mass is 10.1. The SMILES string of the molecule is CC(C)NCCCC(C)N1CCOCC1C. The van der Waals surface area contributed by atoms with Crippen molar-refractivity contribution < 1.29 is 4.74 Å². The predicted octanol–water partition coefficient (Wildman–Crippen LogP) is 1.87. The molecule has 0 saturated carbocycles. The van der Waals surface area contributed by atoms with E-state index in [0.717, 1.165) is 26.3 Å². The van der Waals surface area contributed by atoms with E-state index in [2.05, 4.69) is 37.9 Å². The van der Waals surface area contributed by atoms with Crippen LogP contribution in [0.2, 0.25) is 0 Å². The first-order valence-electron chi connectivity index (χ1n) is 6.68. The van der Waals surface area contributed by atoms with Crippen LogP contribution in [0.5, 0.6) is 0 Å². The highest BCUT2D eigenvalue weighted by Crippen LogP contribution is 2.14. The van der Waals surface area contributed by atoms with Crippen molar-refractivity contribution in [3.8, 4) is 0 Å². The minimum Gasteiger partial charge on any atom is -0.379 e. The highest BCUT2D eigenvalue weighted by Gasteiger charge is 2.22. The first kappa shape index (κ1) is 13.9. The first-order valence-corrected chi connectivity index (χ1v) is 6.68. The number of ether oxygens (including phenoxy) is 1. The molecule has 0 radical (unpaired) electrons. The molecule has 1 saturated heterocycles. The molecule has 3 nitrogen and oxygen atoms in total. The molecule has 0 aromatic carbocycles. The van der Waals surface area contributed by atoms with Gasteiger partial charge in [-0.2, -0.15) is 0 Å². The fourth-order valence-corrected chi connectivity index (χ4v) is 2.35. The quantitative estimate of drug-likeness (QED) is 0.703. The van der Waals surface area contributed by atoms with Crippen molar-refractivity contribution in [2.24, 2.45) is 0 Å². The van der Waals surface area contributed by atoms with E-state index in [1.54, 1.807) is 0 Å². The van der Waals surface area contributed by atoms with E-state index in [4.69, 9.17) is 4.74 Å². The van der Waals surface area contributed by atoms with Crippen LogP contribution in [-0.4, -0.2) is 49.3 Å². The zero-order valence-electron chi connectivity index (χ0n) is 11.3. The van der Waals surface area contributed by atoms with Gasteiger partial charge in [0.1, 0.15) is 0 Å². The lowest BCUT2D eigenvalue weighted by Gasteiger charge is -2.38. The van der Waals surface area contributed by atoms with Crippen molar-refractivity contribution >= 4 is 0 Å². The van der Waals surface area contributed by atoms with Gasteiger partial charge in [0.05, 0.1) is 13.2 Å². The fourth-order valence-electron chi connectivity index (χ4n) is 2.35. The zero-order valence-corrected chi connectivity index (χ0v) is 11.3. The first-order chi connectivity index (χ1) is 7.61. The lowest BCUT2D eigenvalue weighted by Crippen LogP contribution is -2.48. The zero-order chi connectivity index (χ0) is 12.0. The van der Waals surface area contributed by atoms with Crippen LogP contribution in [0.3, 0.4) is 0 Å². The Balaban J connectivity index is 2.15. The lowest BCUT2D eigenvalue weighted by molar-refractivity contribution is -0.0201. The standard InChI is InChI=1S/C13H28N2O/c1-11(2)14-7-5-6-12(3)15-8-9-16-10-13(15)4/h11-14H,5-10H2,1-4H3. The number of nitrogens with one attached hydrogen (secondary N) is 1. The van der Waals surface area contributed by atoms with Gasteiger partial charge in [0.15, 0.2) is 0 Å². The van der Waals surface area contributed by atoms with E-state index in [1.807, 2.05) is 0 Å². The summed E-state index contributed by atoms with van der Waals surface area (Å²) >= 11 is 0. The molecule has 0 bridgehead atoms. The van der Waals surface area contributed by atoms with Gasteiger partial charge in [-0.15, -0.1) is 0 Å². The van der Waals surface area contributed by atoms with Crippen LogP contribution in [0.15, 0.2) is 0 Å². The summed E-state index contributed by atoms with van der Waals surface area (Å²) in [7, 11) is 0. The molecule has 1 rings (SSSR count). The van der Waals surface area contributed by atoms with E-state index in [0.29, 0.717) is 18.1 Å². The van der Waals surface area contributed by atoms with Gasteiger partial charge in [-0.3, -0.25) is 4.90 Å². The van der Waals surface area contributed by atoms with Gasteiger partial charge in [0.2, 0.25) is 0 Å². The molecular formula is C13H28N2O. The Morgan fingerprint density at radius 1 is 1.38 bits per heavy atom. The van der Waals surface area contributed by atoms with Crippen LogP contribution in [0.25, 0.3) is 0 Å². The Hall–Kier alpha value is -0.120. The van der Waals surface area contributed by atoms with Crippen LogP contribution < -0.4 is 5.32 Å². The highest BCUT2D eigenvalue weighted by atomic mass is 16.5. The van der Waals surface area contributed by atoms with E-state index < -0.39 is 0 Å². The molecule has 2 atom stereocenters. The molecule has 1 fully saturated rings. The Kier molecular flexibility index (Phi) is 6.32. The van der Waals surface area contributed by atoms with Gasteiger partial charge < -0.3 is 10.1 Å². The van der Waals surface area contributed by atoms with Gasteiger partial charge in [0, 0.05) is 24.7 Å². The predicted molar refractivity (Wildman–Crippen MR) is 68.8 cm³/mol. The molecule has 3 heteroatoms. The van der Waals surface area contributed by atoms with Crippen LogP contribution in [-0.2, 0) is 4.74 Å². The summed E-state index contributed by atoms with van der Waals surface area (Å²) in [6, 6.07) is 1.88. The van der Waals surface area contributed by atoms with E-state index >= 15 is 0 Å². The maximum atomic E-state index is 5.47. The third-order valence-electron chi connectivity index (χ3n) is 3.34. The summed E-state index contributed by atoms with van der Waals surface area (Å²) in [6.45, 7) is 13.0.